The zero-order valence-corrected chi connectivity index (χ0v) is 9.62. The lowest BCUT2D eigenvalue weighted by Crippen LogP contribution is -1.87. The lowest BCUT2D eigenvalue weighted by atomic mass is 10.3. The normalized spacial score (nSPS) is 9.90. The second-order valence-corrected chi connectivity index (χ2v) is 4.41. The van der Waals surface area contributed by atoms with Crippen LogP contribution < -0.4 is 5.73 Å². The Balaban J connectivity index is 3.31. The van der Waals surface area contributed by atoms with E-state index in [1.165, 1.54) is 0 Å². The van der Waals surface area contributed by atoms with Gasteiger partial charge in [0.15, 0.2) is 0 Å². The summed E-state index contributed by atoms with van der Waals surface area (Å²) in [5, 5.41) is 0. The van der Waals surface area contributed by atoms with Crippen molar-refractivity contribution in [2.24, 2.45) is 0 Å². The van der Waals surface area contributed by atoms with Crippen LogP contribution in [0.15, 0.2) is 25.6 Å². The van der Waals surface area contributed by atoms with Crippen LogP contribution in [-0.4, -0.2) is 0 Å². The first kappa shape index (κ1) is 8.56. The van der Waals surface area contributed by atoms with Crippen molar-refractivity contribution in [3.63, 3.8) is 0 Å². The van der Waals surface area contributed by atoms with Gasteiger partial charge in [-0.15, -0.1) is 0 Å². The predicted molar refractivity (Wildman–Crippen MR) is 54.0 cm³/mol. The number of hydrogen-bond donors (Lipinski definition) is 1. The first-order valence-corrected chi connectivity index (χ1v) is 4.89. The second-order valence-electron chi connectivity index (χ2n) is 1.78. The maximum atomic E-state index is 5.64. The predicted octanol–water partition coefficient (Wildman–Crippen LogP) is 3.56. The molecule has 0 radical (unpaired) electrons. The first-order chi connectivity index (χ1) is 4.61. The minimum Gasteiger partial charge on any atom is -0.397 e. The number of rotatable bonds is 0. The van der Waals surface area contributed by atoms with Crippen LogP contribution in [0.1, 0.15) is 0 Å². The Morgan fingerprint density at radius 3 is 1.80 bits per heavy atom. The Bertz CT molecular complexity index is 236. The summed E-state index contributed by atoms with van der Waals surface area (Å²) in [4.78, 5) is 0. The van der Waals surface area contributed by atoms with Crippen LogP contribution in [0.3, 0.4) is 0 Å². The quantitative estimate of drug-likeness (QED) is 0.724. The molecule has 1 aromatic rings. The largest absolute Gasteiger partial charge is 0.397 e. The van der Waals surface area contributed by atoms with Gasteiger partial charge in [-0.3, -0.25) is 0 Å². The summed E-state index contributed by atoms with van der Waals surface area (Å²) in [5.74, 6) is 0. The number of halogens is 3. The van der Waals surface area contributed by atoms with Crippen LogP contribution in [0.5, 0.6) is 0 Å². The Kier molecular flexibility index (Phi) is 2.77. The van der Waals surface area contributed by atoms with Gasteiger partial charge in [0.05, 0.1) is 5.69 Å². The van der Waals surface area contributed by atoms with Gasteiger partial charge in [-0.1, -0.05) is 15.9 Å². The summed E-state index contributed by atoms with van der Waals surface area (Å²) in [6, 6.07) is 3.81. The molecular weight excluding hydrogens is 326 g/mol. The van der Waals surface area contributed by atoms with E-state index >= 15 is 0 Å². The summed E-state index contributed by atoms with van der Waals surface area (Å²) in [5.41, 5.74) is 6.36. The van der Waals surface area contributed by atoms with Crippen LogP contribution in [0.4, 0.5) is 5.69 Å². The van der Waals surface area contributed by atoms with E-state index in [1.54, 1.807) is 0 Å². The van der Waals surface area contributed by atoms with Crippen LogP contribution in [0.2, 0.25) is 0 Å². The minimum atomic E-state index is 0.725. The number of anilines is 1. The minimum absolute atomic E-state index is 0.725. The van der Waals surface area contributed by atoms with Gasteiger partial charge in [-0.05, 0) is 44.0 Å². The molecule has 1 aromatic carbocycles. The van der Waals surface area contributed by atoms with Crippen molar-refractivity contribution >= 4 is 53.5 Å². The van der Waals surface area contributed by atoms with E-state index in [-0.39, 0.29) is 0 Å². The summed E-state index contributed by atoms with van der Waals surface area (Å²) < 4.78 is 2.79. The van der Waals surface area contributed by atoms with Gasteiger partial charge in [0, 0.05) is 13.4 Å². The number of hydrogen-bond acceptors (Lipinski definition) is 1. The molecule has 0 atom stereocenters. The highest BCUT2D eigenvalue weighted by molar-refractivity contribution is 9.11. The summed E-state index contributed by atoms with van der Waals surface area (Å²) >= 11 is 9.96. The average Bonchev–Trinajstić information content (AvgIpc) is 1.82. The molecule has 0 heterocycles. The lowest BCUT2D eigenvalue weighted by molar-refractivity contribution is 1.55. The topological polar surface area (TPSA) is 26.0 Å². The monoisotopic (exact) mass is 327 g/mol. The van der Waals surface area contributed by atoms with Crippen LogP contribution in [0, 0.1) is 0 Å². The molecule has 0 aliphatic heterocycles. The van der Waals surface area contributed by atoms with E-state index in [2.05, 4.69) is 47.8 Å². The number of benzene rings is 1. The molecule has 4 heteroatoms. The molecule has 0 saturated heterocycles. The Morgan fingerprint density at radius 2 is 1.40 bits per heavy atom. The molecule has 0 unspecified atom stereocenters. The van der Waals surface area contributed by atoms with Gasteiger partial charge in [-0.25, -0.2) is 0 Å². The lowest BCUT2D eigenvalue weighted by Gasteiger charge is -2.00. The van der Waals surface area contributed by atoms with Gasteiger partial charge >= 0.3 is 0 Å². The molecule has 0 aromatic heterocycles. The van der Waals surface area contributed by atoms with Crippen molar-refractivity contribution in [1.82, 2.24) is 0 Å². The zero-order valence-electron chi connectivity index (χ0n) is 4.87. The molecular formula is C6H4Br3N. The smallest absolute Gasteiger partial charge is 0.0603 e. The van der Waals surface area contributed by atoms with Crippen molar-refractivity contribution in [3.05, 3.63) is 25.6 Å². The molecule has 0 saturated carbocycles. The zero-order chi connectivity index (χ0) is 7.72. The third-order valence-corrected chi connectivity index (χ3v) is 2.81. The molecule has 0 amide bonds. The van der Waals surface area contributed by atoms with Gasteiger partial charge in [0.2, 0.25) is 0 Å². The highest BCUT2D eigenvalue weighted by atomic mass is 79.9. The van der Waals surface area contributed by atoms with Crippen molar-refractivity contribution in [3.8, 4) is 0 Å². The summed E-state index contributed by atoms with van der Waals surface area (Å²) in [7, 11) is 0. The Hall–Kier alpha value is 0.460. The fourth-order valence-electron chi connectivity index (χ4n) is 0.553. The molecule has 1 nitrogen and oxygen atoms in total. The van der Waals surface area contributed by atoms with E-state index in [1.807, 2.05) is 12.1 Å². The fourth-order valence-corrected chi connectivity index (χ4v) is 2.81. The maximum absolute atomic E-state index is 5.64. The average molecular weight is 330 g/mol. The SMILES string of the molecule is Nc1c(Br)cc(Br)cc1Br. The molecule has 0 spiro atoms. The molecule has 1 rings (SSSR count). The molecule has 0 aliphatic carbocycles. The maximum Gasteiger partial charge on any atom is 0.0603 e. The standard InChI is InChI=1S/C6H4Br3N/c7-3-1-4(8)6(10)5(9)2-3/h1-2H,10H2. The van der Waals surface area contributed by atoms with Crippen molar-refractivity contribution < 1.29 is 0 Å². The summed E-state index contributed by atoms with van der Waals surface area (Å²) in [6.07, 6.45) is 0. The van der Waals surface area contributed by atoms with Gasteiger partial charge in [-0.2, -0.15) is 0 Å². The first-order valence-electron chi connectivity index (χ1n) is 2.51. The Labute approximate surface area is 84.4 Å². The van der Waals surface area contributed by atoms with Gasteiger partial charge < -0.3 is 5.73 Å². The third kappa shape index (κ3) is 1.74. The molecule has 10 heavy (non-hydrogen) atoms. The van der Waals surface area contributed by atoms with Crippen molar-refractivity contribution in [2.45, 2.75) is 0 Å². The van der Waals surface area contributed by atoms with E-state index < -0.39 is 0 Å². The molecule has 0 bridgehead atoms. The van der Waals surface area contributed by atoms with Crippen molar-refractivity contribution in [1.29, 1.82) is 0 Å². The van der Waals surface area contributed by atoms with E-state index in [4.69, 9.17) is 5.73 Å². The second kappa shape index (κ2) is 3.24. The fraction of sp³-hybridized carbons (Fsp3) is 0. The highest BCUT2D eigenvalue weighted by Gasteiger charge is 2.00. The third-order valence-electron chi connectivity index (χ3n) is 1.04. The van der Waals surface area contributed by atoms with E-state index in [9.17, 15) is 0 Å². The van der Waals surface area contributed by atoms with E-state index in [0.717, 1.165) is 19.1 Å². The highest BCUT2D eigenvalue weighted by Crippen LogP contribution is 2.31. The molecule has 54 valence electrons. The number of nitrogens with two attached hydrogens (primary N) is 1. The summed E-state index contributed by atoms with van der Waals surface area (Å²) in [6.45, 7) is 0. The van der Waals surface area contributed by atoms with E-state index in [0.29, 0.717) is 0 Å². The van der Waals surface area contributed by atoms with Gasteiger partial charge in [0.25, 0.3) is 0 Å². The molecule has 2 N–H and O–H groups in total. The molecule has 0 fully saturated rings. The van der Waals surface area contributed by atoms with Crippen LogP contribution >= 0.6 is 47.8 Å². The van der Waals surface area contributed by atoms with Crippen LogP contribution in [0.25, 0.3) is 0 Å². The Morgan fingerprint density at radius 1 is 1.00 bits per heavy atom. The number of nitrogen functional groups attached to an aromatic ring is 1. The van der Waals surface area contributed by atoms with Crippen molar-refractivity contribution in [2.75, 3.05) is 5.73 Å². The van der Waals surface area contributed by atoms with Gasteiger partial charge in [0.1, 0.15) is 0 Å². The van der Waals surface area contributed by atoms with Crippen LogP contribution in [-0.2, 0) is 0 Å². The molecule has 0 aliphatic rings.